The molecule has 5 aromatic heterocycles. The van der Waals surface area contributed by atoms with E-state index in [1.54, 1.807) is 90.6 Å². The van der Waals surface area contributed by atoms with E-state index >= 15 is 0 Å². The first-order valence-corrected chi connectivity index (χ1v) is 23.7. The second-order valence-corrected chi connectivity index (χ2v) is 17.5. The van der Waals surface area contributed by atoms with Gasteiger partial charge < -0.3 is 46.0 Å². The summed E-state index contributed by atoms with van der Waals surface area (Å²) in [6.07, 6.45) is 3.31. The molecule has 0 aliphatic rings. The SMILES string of the molecule is Cc1cn(-c2cc(C)c(O)c(C(=O)O)c2)nn1.Cc1cn(-c2ccc(C(=O)O)c(C(F)(F)F)c2)nn1.Cc1cn(-c2ccc(C(=O)O)c(O)c2)nn1.Cc1cn(-c2ccc(O)c(C(=O)O)c2)nn1.Cc1cn(-c2cccc(C(=O)O)c2O)nn1. The van der Waals surface area contributed by atoms with E-state index < -0.39 is 47.1 Å². The van der Waals surface area contributed by atoms with Gasteiger partial charge in [-0.25, -0.2) is 47.4 Å². The van der Waals surface area contributed by atoms with Crippen molar-refractivity contribution in [2.24, 2.45) is 0 Å². The van der Waals surface area contributed by atoms with Gasteiger partial charge in [-0.1, -0.05) is 32.1 Å². The molecule has 0 amide bonds. The van der Waals surface area contributed by atoms with E-state index in [-0.39, 0.29) is 50.9 Å². The van der Waals surface area contributed by atoms with Crippen LogP contribution in [0.2, 0.25) is 0 Å². The van der Waals surface area contributed by atoms with E-state index in [4.69, 9.17) is 25.5 Å². The summed E-state index contributed by atoms with van der Waals surface area (Å²) >= 11 is 0. The molecule has 84 heavy (non-hydrogen) atoms. The molecule has 10 rings (SSSR count). The molecule has 0 atom stereocenters. The topological polar surface area (TPSA) is 421 Å². The number of hydrogen-bond acceptors (Lipinski definition) is 19. The smallest absolute Gasteiger partial charge is 0.417 e. The van der Waals surface area contributed by atoms with E-state index in [9.17, 15) is 57.6 Å². The second-order valence-electron chi connectivity index (χ2n) is 17.5. The number of aromatic nitrogens is 15. The molecule has 0 unspecified atom stereocenters. The lowest BCUT2D eigenvalue weighted by Gasteiger charge is -2.11. The number of carboxylic acid groups (broad SMARTS) is 5. The quantitative estimate of drug-likeness (QED) is 0.0703. The highest BCUT2D eigenvalue weighted by Crippen LogP contribution is 2.34. The number of para-hydroxylation sites is 1. The fourth-order valence-corrected chi connectivity index (χ4v) is 7.08. The van der Waals surface area contributed by atoms with Crippen LogP contribution >= 0.6 is 0 Å². The molecule has 434 valence electrons. The van der Waals surface area contributed by atoms with Gasteiger partial charge in [0.1, 0.15) is 45.2 Å². The number of aromatic hydroxyl groups is 4. The number of hydrogen-bond donors (Lipinski definition) is 9. The van der Waals surface area contributed by atoms with Gasteiger partial charge in [0.25, 0.3) is 0 Å². The summed E-state index contributed by atoms with van der Waals surface area (Å²) in [4.78, 5) is 54.0. The minimum Gasteiger partial charge on any atom is -0.507 e. The van der Waals surface area contributed by atoms with Crippen molar-refractivity contribution in [1.29, 1.82) is 0 Å². The first-order chi connectivity index (χ1) is 39.5. The maximum absolute atomic E-state index is 12.8. The van der Waals surface area contributed by atoms with E-state index in [2.05, 4.69) is 51.6 Å². The molecule has 5 aromatic carbocycles. The Morgan fingerprint density at radius 1 is 0.381 bits per heavy atom. The zero-order valence-electron chi connectivity index (χ0n) is 44.4. The van der Waals surface area contributed by atoms with Crippen molar-refractivity contribution < 1.29 is 83.1 Å². The third kappa shape index (κ3) is 15.3. The lowest BCUT2D eigenvalue weighted by molar-refractivity contribution is -0.138. The van der Waals surface area contributed by atoms with Gasteiger partial charge in [-0.2, -0.15) is 13.2 Å². The fourth-order valence-electron chi connectivity index (χ4n) is 7.08. The van der Waals surface area contributed by atoms with E-state index in [1.807, 2.05) is 0 Å². The Morgan fingerprint density at radius 2 is 0.762 bits per heavy atom. The van der Waals surface area contributed by atoms with Crippen molar-refractivity contribution in [3.8, 4) is 51.4 Å². The van der Waals surface area contributed by atoms with E-state index in [0.29, 0.717) is 39.7 Å². The Labute approximate surface area is 469 Å². The highest BCUT2D eigenvalue weighted by Gasteiger charge is 2.36. The van der Waals surface area contributed by atoms with Gasteiger partial charge in [0.15, 0.2) is 5.75 Å². The molecule has 10 aromatic rings. The molecule has 32 heteroatoms. The number of carboxylic acids is 5. The molecule has 0 fully saturated rings. The van der Waals surface area contributed by atoms with Crippen LogP contribution in [-0.2, 0) is 6.18 Å². The molecule has 0 spiro atoms. The largest absolute Gasteiger partial charge is 0.507 e. The molecule has 0 aliphatic heterocycles. The Kier molecular flexibility index (Phi) is 19.0. The molecule has 0 saturated heterocycles. The average molecular weight is 1160 g/mol. The lowest BCUT2D eigenvalue weighted by Crippen LogP contribution is -2.14. The summed E-state index contributed by atoms with van der Waals surface area (Å²) in [6, 6.07) is 18.7. The zero-order valence-corrected chi connectivity index (χ0v) is 44.4. The number of nitrogens with zero attached hydrogens (tertiary/aromatic N) is 15. The maximum atomic E-state index is 12.8. The highest BCUT2D eigenvalue weighted by molar-refractivity contribution is 5.94. The molecule has 0 radical (unpaired) electrons. The summed E-state index contributed by atoms with van der Waals surface area (Å²) in [5, 5.41) is 120. The van der Waals surface area contributed by atoms with Crippen LogP contribution in [0.5, 0.6) is 23.0 Å². The number of benzene rings is 5. The normalized spacial score (nSPS) is 10.6. The Hall–Kier alpha value is -11.9. The molecular formula is C52H46F3N15O14. The third-order valence-corrected chi connectivity index (χ3v) is 11.1. The summed E-state index contributed by atoms with van der Waals surface area (Å²) in [5.74, 6) is -7.45. The average Bonchev–Trinajstić information content (AvgIpc) is 3.40. The third-order valence-electron chi connectivity index (χ3n) is 11.1. The van der Waals surface area contributed by atoms with Crippen molar-refractivity contribution in [1.82, 2.24) is 75.0 Å². The van der Waals surface area contributed by atoms with E-state index in [1.165, 1.54) is 73.5 Å². The number of aromatic carboxylic acids is 5. The van der Waals surface area contributed by atoms with Gasteiger partial charge in [-0.15, -0.1) is 25.5 Å². The number of rotatable bonds is 10. The first-order valence-electron chi connectivity index (χ1n) is 23.7. The molecule has 0 bridgehead atoms. The van der Waals surface area contributed by atoms with Crippen molar-refractivity contribution in [2.45, 2.75) is 47.7 Å². The Morgan fingerprint density at radius 3 is 1.17 bits per heavy atom. The van der Waals surface area contributed by atoms with Crippen molar-refractivity contribution >= 4 is 29.8 Å². The second kappa shape index (κ2) is 25.9. The maximum Gasteiger partial charge on any atom is 0.417 e. The van der Waals surface area contributed by atoms with Crippen LogP contribution in [0.15, 0.2) is 116 Å². The number of phenols is 4. The van der Waals surface area contributed by atoms with E-state index in [0.717, 1.165) is 33.9 Å². The van der Waals surface area contributed by atoms with Crippen LogP contribution in [0, 0.1) is 41.5 Å². The standard InChI is InChI=1S/C11H8F3N3O2.C11H11N3O3.3C10H9N3O3/c1-6-5-17(16-15-6)7-2-3-8(10(18)19)9(4-7)11(12,13)14;1-6-3-8(14-5-7(2)12-13-14)4-9(10(6)15)11(16)17;1-6-5-13(12-11-6)7-2-3-9(14)8(4-7)10(15)16;1-6-5-13(12-11-6)7-2-3-8(10(15)16)9(14)4-7;1-6-5-13(12-11-6)8-4-2-3-7(9(8)14)10(15)16/h2-5H,1H3,(H,18,19);3-5,15H,1-2H3,(H,16,17);3*2-5,14H,1H3,(H,15,16). The van der Waals surface area contributed by atoms with Gasteiger partial charge in [0.05, 0.1) is 93.3 Å². The summed E-state index contributed by atoms with van der Waals surface area (Å²) in [5.41, 5.74) is 3.31. The summed E-state index contributed by atoms with van der Waals surface area (Å²) < 4.78 is 45.3. The van der Waals surface area contributed by atoms with Gasteiger partial charge >= 0.3 is 36.0 Å². The van der Waals surface area contributed by atoms with Crippen molar-refractivity contribution in [3.05, 3.63) is 183 Å². The van der Waals surface area contributed by atoms with Crippen LogP contribution in [0.4, 0.5) is 13.2 Å². The summed E-state index contributed by atoms with van der Waals surface area (Å²) in [6.45, 7) is 10.4. The van der Waals surface area contributed by atoms with Crippen LogP contribution in [0.1, 0.15) is 91.4 Å². The highest BCUT2D eigenvalue weighted by atomic mass is 19.4. The Bertz CT molecular complexity index is 4060. The molecule has 0 aliphatic carbocycles. The van der Waals surface area contributed by atoms with Gasteiger partial charge in [0, 0.05) is 6.07 Å². The fraction of sp³-hybridized carbons (Fsp3) is 0.135. The van der Waals surface area contributed by atoms with Gasteiger partial charge in [-0.05, 0) is 120 Å². The predicted molar refractivity (Wildman–Crippen MR) is 282 cm³/mol. The Balaban J connectivity index is 0.000000169. The van der Waals surface area contributed by atoms with Gasteiger partial charge in [0.2, 0.25) is 0 Å². The molecule has 0 saturated carbocycles. The van der Waals surface area contributed by atoms with Crippen molar-refractivity contribution in [2.75, 3.05) is 0 Å². The molecule has 29 nitrogen and oxygen atoms in total. The van der Waals surface area contributed by atoms with Gasteiger partial charge in [-0.3, -0.25) is 0 Å². The lowest BCUT2D eigenvalue weighted by atomic mass is 10.1. The number of halogens is 3. The van der Waals surface area contributed by atoms with Crippen LogP contribution in [0.3, 0.4) is 0 Å². The van der Waals surface area contributed by atoms with Crippen molar-refractivity contribution in [3.63, 3.8) is 0 Å². The monoisotopic (exact) mass is 1160 g/mol. The van der Waals surface area contributed by atoms with Crippen LogP contribution in [0.25, 0.3) is 28.4 Å². The molecule has 5 heterocycles. The van der Waals surface area contributed by atoms with Crippen LogP contribution in [-0.4, -0.2) is 151 Å². The first kappa shape index (κ1) is 61.4. The zero-order chi connectivity index (χ0) is 61.9. The number of alkyl halides is 3. The molecule has 9 N–H and O–H groups in total. The molecular weight excluding hydrogens is 1120 g/mol. The van der Waals surface area contributed by atoms with Crippen LogP contribution < -0.4 is 0 Å². The number of aryl methyl sites for hydroxylation is 6. The number of carbonyl (C=O) groups is 5. The minimum absolute atomic E-state index is 0.0953. The summed E-state index contributed by atoms with van der Waals surface area (Å²) in [7, 11) is 0. The predicted octanol–water partition coefficient (Wildman–Crippen LogP) is 6.52. The minimum atomic E-state index is -4.75.